The van der Waals surface area contributed by atoms with E-state index in [4.69, 9.17) is 28.3 Å². The highest BCUT2D eigenvalue weighted by molar-refractivity contribution is 6.42. The zero-order valence-corrected chi connectivity index (χ0v) is 10.5. The lowest BCUT2D eigenvalue weighted by molar-refractivity contribution is 0.298. The highest BCUT2D eigenvalue weighted by atomic mass is 35.5. The van der Waals surface area contributed by atoms with E-state index in [1.807, 2.05) is 12.1 Å². The molecule has 0 fully saturated rings. The van der Waals surface area contributed by atoms with Gasteiger partial charge in [-0.2, -0.15) is 0 Å². The summed E-state index contributed by atoms with van der Waals surface area (Å²) >= 11 is 12.0. The second-order valence-electron chi connectivity index (χ2n) is 3.59. The third-order valence-electron chi connectivity index (χ3n) is 2.32. The van der Waals surface area contributed by atoms with Crippen molar-refractivity contribution < 1.29 is 5.11 Å². The van der Waals surface area contributed by atoms with Crippen LogP contribution in [0, 0.1) is 0 Å². The van der Waals surface area contributed by atoms with Gasteiger partial charge in [0.05, 0.1) is 22.3 Å². The average molecular weight is 272 g/mol. The van der Waals surface area contributed by atoms with Crippen LogP contribution in [0.15, 0.2) is 24.4 Å². The standard InChI is InChI=1S/C11H11Cl2N3O/c12-10-3-1-2-8(11(10)13)6-16-7-9(4-5-17)14-15-16/h1-3,7,17H,4-6H2. The van der Waals surface area contributed by atoms with Gasteiger partial charge in [0, 0.05) is 19.2 Å². The van der Waals surface area contributed by atoms with Crippen molar-refractivity contribution in [1.82, 2.24) is 15.0 Å². The lowest BCUT2D eigenvalue weighted by atomic mass is 10.2. The molecule has 0 aliphatic carbocycles. The first kappa shape index (κ1) is 12.4. The summed E-state index contributed by atoms with van der Waals surface area (Å²) in [6, 6.07) is 5.47. The Morgan fingerprint density at radius 3 is 2.88 bits per heavy atom. The molecule has 6 heteroatoms. The third kappa shape index (κ3) is 2.97. The molecule has 0 aliphatic rings. The molecule has 0 saturated heterocycles. The van der Waals surface area contributed by atoms with E-state index >= 15 is 0 Å². The minimum Gasteiger partial charge on any atom is -0.396 e. The Kier molecular flexibility index (Phi) is 3.99. The summed E-state index contributed by atoms with van der Waals surface area (Å²) < 4.78 is 1.67. The zero-order chi connectivity index (χ0) is 12.3. The van der Waals surface area contributed by atoms with Crippen molar-refractivity contribution in [3.05, 3.63) is 45.7 Å². The largest absolute Gasteiger partial charge is 0.396 e. The van der Waals surface area contributed by atoms with Gasteiger partial charge in [-0.1, -0.05) is 40.5 Å². The first-order chi connectivity index (χ1) is 8.20. The van der Waals surface area contributed by atoms with E-state index in [9.17, 15) is 0 Å². The van der Waals surface area contributed by atoms with E-state index in [2.05, 4.69) is 10.3 Å². The van der Waals surface area contributed by atoms with Crippen LogP contribution in [0.25, 0.3) is 0 Å². The van der Waals surface area contributed by atoms with Crippen molar-refractivity contribution in [3.8, 4) is 0 Å². The van der Waals surface area contributed by atoms with E-state index in [1.165, 1.54) is 0 Å². The highest BCUT2D eigenvalue weighted by Gasteiger charge is 2.06. The van der Waals surface area contributed by atoms with Crippen molar-refractivity contribution in [2.24, 2.45) is 0 Å². The summed E-state index contributed by atoms with van der Waals surface area (Å²) in [4.78, 5) is 0. The number of halogens is 2. The minimum atomic E-state index is 0.0661. The first-order valence-corrected chi connectivity index (χ1v) is 5.89. The molecular formula is C11H11Cl2N3O. The minimum absolute atomic E-state index is 0.0661. The van der Waals surface area contributed by atoms with Gasteiger partial charge in [-0.3, -0.25) is 0 Å². The van der Waals surface area contributed by atoms with Gasteiger partial charge in [0.15, 0.2) is 0 Å². The van der Waals surface area contributed by atoms with E-state index in [0.29, 0.717) is 23.0 Å². The van der Waals surface area contributed by atoms with Gasteiger partial charge in [-0.25, -0.2) is 4.68 Å². The van der Waals surface area contributed by atoms with Gasteiger partial charge in [0.2, 0.25) is 0 Å². The Balaban J connectivity index is 2.16. The number of aliphatic hydroxyl groups is 1. The number of hydrogen-bond donors (Lipinski definition) is 1. The molecule has 0 saturated carbocycles. The molecule has 1 aromatic carbocycles. The number of nitrogens with zero attached hydrogens (tertiary/aromatic N) is 3. The van der Waals surface area contributed by atoms with E-state index in [0.717, 1.165) is 11.3 Å². The summed E-state index contributed by atoms with van der Waals surface area (Å²) in [5.74, 6) is 0. The monoisotopic (exact) mass is 271 g/mol. The quantitative estimate of drug-likeness (QED) is 0.928. The molecule has 0 atom stereocenters. The Bertz CT molecular complexity index is 513. The Hall–Kier alpha value is -1.10. The summed E-state index contributed by atoms with van der Waals surface area (Å²) in [6.45, 7) is 0.578. The van der Waals surface area contributed by atoms with Crippen LogP contribution < -0.4 is 0 Å². The summed E-state index contributed by atoms with van der Waals surface area (Å²) in [6.07, 6.45) is 2.29. The van der Waals surface area contributed by atoms with Crippen LogP contribution in [-0.4, -0.2) is 26.7 Å². The van der Waals surface area contributed by atoms with Crippen molar-refractivity contribution >= 4 is 23.2 Å². The van der Waals surface area contributed by atoms with Gasteiger partial charge in [-0.15, -0.1) is 5.10 Å². The van der Waals surface area contributed by atoms with Gasteiger partial charge >= 0.3 is 0 Å². The smallest absolute Gasteiger partial charge is 0.0850 e. The van der Waals surface area contributed by atoms with E-state index < -0.39 is 0 Å². The fourth-order valence-electron chi connectivity index (χ4n) is 1.49. The fourth-order valence-corrected chi connectivity index (χ4v) is 1.87. The molecular weight excluding hydrogens is 261 g/mol. The first-order valence-electron chi connectivity index (χ1n) is 5.13. The fraction of sp³-hybridized carbons (Fsp3) is 0.273. The van der Waals surface area contributed by atoms with Crippen LogP contribution in [0.5, 0.6) is 0 Å². The summed E-state index contributed by atoms with van der Waals surface area (Å²) in [5, 5.41) is 17.7. The molecule has 0 radical (unpaired) electrons. The van der Waals surface area contributed by atoms with Gasteiger partial charge in [-0.05, 0) is 11.6 Å². The SMILES string of the molecule is OCCc1cn(Cc2cccc(Cl)c2Cl)nn1. The van der Waals surface area contributed by atoms with Crippen LogP contribution in [0.2, 0.25) is 10.0 Å². The molecule has 0 aliphatic heterocycles. The van der Waals surface area contributed by atoms with Crippen LogP contribution in [0.1, 0.15) is 11.3 Å². The van der Waals surface area contributed by atoms with Crippen LogP contribution in [-0.2, 0) is 13.0 Å². The molecule has 17 heavy (non-hydrogen) atoms. The third-order valence-corrected chi connectivity index (χ3v) is 3.18. The van der Waals surface area contributed by atoms with Gasteiger partial charge in [0.1, 0.15) is 0 Å². The molecule has 0 unspecified atom stereocenters. The number of rotatable bonds is 4. The molecule has 1 aromatic heterocycles. The molecule has 2 rings (SSSR count). The summed E-state index contributed by atoms with van der Waals surface area (Å²) in [7, 11) is 0. The van der Waals surface area contributed by atoms with Crippen molar-refractivity contribution in [2.45, 2.75) is 13.0 Å². The predicted octanol–water partition coefficient (Wildman–Crippen LogP) is 2.17. The van der Waals surface area contributed by atoms with Crippen LogP contribution in [0.3, 0.4) is 0 Å². The lowest BCUT2D eigenvalue weighted by Crippen LogP contribution is -2.01. The maximum absolute atomic E-state index is 8.78. The van der Waals surface area contributed by atoms with Gasteiger partial charge in [0.25, 0.3) is 0 Å². The van der Waals surface area contributed by atoms with Gasteiger partial charge < -0.3 is 5.11 Å². The second-order valence-corrected chi connectivity index (χ2v) is 4.38. The number of aromatic nitrogens is 3. The number of benzene rings is 1. The van der Waals surface area contributed by atoms with Crippen molar-refractivity contribution in [3.63, 3.8) is 0 Å². The maximum atomic E-state index is 8.78. The maximum Gasteiger partial charge on any atom is 0.0850 e. The number of hydrogen-bond acceptors (Lipinski definition) is 3. The Labute approximate surface area is 109 Å². The number of aliphatic hydroxyl groups excluding tert-OH is 1. The lowest BCUT2D eigenvalue weighted by Gasteiger charge is -2.04. The zero-order valence-electron chi connectivity index (χ0n) is 8.98. The molecule has 2 aromatic rings. The Morgan fingerprint density at radius 1 is 1.29 bits per heavy atom. The summed E-state index contributed by atoms with van der Waals surface area (Å²) in [5.41, 5.74) is 1.64. The predicted molar refractivity (Wildman–Crippen MR) is 66.4 cm³/mol. The molecule has 0 amide bonds. The molecule has 1 heterocycles. The van der Waals surface area contributed by atoms with Crippen molar-refractivity contribution in [1.29, 1.82) is 0 Å². The average Bonchev–Trinajstić information content (AvgIpc) is 2.73. The molecule has 0 bridgehead atoms. The Morgan fingerprint density at radius 2 is 2.12 bits per heavy atom. The molecule has 4 nitrogen and oxygen atoms in total. The van der Waals surface area contributed by atoms with Crippen LogP contribution in [0.4, 0.5) is 0 Å². The topological polar surface area (TPSA) is 50.9 Å². The molecule has 0 spiro atoms. The molecule has 1 N–H and O–H groups in total. The van der Waals surface area contributed by atoms with E-state index in [1.54, 1.807) is 16.9 Å². The molecule has 90 valence electrons. The van der Waals surface area contributed by atoms with Crippen molar-refractivity contribution in [2.75, 3.05) is 6.61 Å². The normalized spacial score (nSPS) is 10.8. The van der Waals surface area contributed by atoms with Crippen LogP contribution >= 0.6 is 23.2 Å². The van der Waals surface area contributed by atoms with E-state index in [-0.39, 0.29) is 6.61 Å². The second kappa shape index (κ2) is 5.49. The highest BCUT2D eigenvalue weighted by Crippen LogP contribution is 2.25.